The van der Waals surface area contributed by atoms with Crippen LogP contribution in [-0.4, -0.2) is 125 Å². The maximum absolute atomic E-state index is 15.0. The van der Waals surface area contributed by atoms with Crippen molar-refractivity contribution in [2.45, 2.75) is 44.2 Å². The van der Waals surface area contributed by atoms with E-state index in [0.29, 0.717) is 61.4 Å². The van der Waals surface area contributed by atoms with Crippen LogP contribution in [0, 0.1) is 54.3 Å². The van der Waals surface area contributed by atoms with Gasteiger partial charge in [-0.05, 0) is 143 Å². The molecule has 8 aromatic heterocycles. The predicted octanol–water partition coefficient (Wildman–Crippen LogP) is 15.2. The summed E-state index contributed by atoms with van der Waals surface area (Å²) in [5, 5.41) is 74.1. The highest BCUT2D eigenvalue weighted by Gasteiger charge is 2.38. The molecule has 37 heteroatoms. The van der Waals surface area contributed by atoms with Gasteiger partial charge in [-0.25, -0.2) is 41.9 Å². The Morgan fingerprint density at radius 2 is 0.699 bits per heavy atom. The molecule has 0 aliphatic heterocycles. The van der Waals surface area contributed by atoms with Gasteiger partial charge in [0, 0.05) is 131 Å². The topological polar surface area (TPSA) is 456 Å². The summed E-state index contributed by atoms with van der Waals surface area (Å²) in [4.78, 5) is 67.3. The Morgan fingerprint density at radius 1 is 0.382 bits per heavy atom. The summed E-state index contributed by atoms with van der Waals surface area (Å²) in [6.45, 7) is 2.17. The van der Waals surface area contributed by atoms with Gasteiger partial charge in [-0.1, -0.05) is 133 Å². The third-order valence-electron chi connectivity index (χ3n) is 21.6. The second-order valence-corrected chi connectivity index (χ2v) is 30.9. The van der Waals surface area contributed by atoms with Gasteiger partial charge in [-0.2, -0.15) is 33.7 Å². The lowest BCUT2D eigenvalue weighted by atomic mass is 9.99. The van der Waals surface area contributed by atoms with Crippen molar-refractivity contribution in [2.24, 2.45) is 21.1 Å². The average Bonchev–Trinajstić information content (AvgIpc) is 1.54. The number of nitrogens with one attached hydrogen (secondary N) is 4. The molecule has 0 bridgehead atoms. The molecule has 8 heterocycles. The van der Waals surface area contributed by atoms with Crippen molar-refractivity contribution in [3.63, 3.8) is 0 Å². The Hall–Kier alpha value is -17.0. The van der Waals surface area contributed by atoms with Gasteiger partial charge >= 0.3 is 6.18 Å². The van der Waals surface area contributed by atoms with Gasteiger partial charge < -0.3 is 69.2 Å². The number of hydrogen-bond acceptors (Lipinski definition) is 22. The molecule has 4 amide bonds. The molecule has 0 saturated carbocycles. The van der Waals surface area contributed by atoms with Gasteiger partial charge in [-0.15, -0.1) is 0 Å². The van der Waals surface area contributed by atoms with Crippen molar-refractivity contribution >= 4 is 46.9 Å². The highest BCUT2D eigenvalue weighted by Crippen LogP contribution is 2.41. The van der Waals surface area contributed by atoms with E-state index < -0.39 is 102 Å². The highest BCUT2D eigenvalue weighted by molar-refractivity contribution is 5.99. The number of nitrogens with two attached hydrogens (primary N) is 4. The van der Waals surface area contributed by atoms with Crippen LogP contribution in [0.25, 0.3) is 89.0 Å². The number of aromatic nitrogens is 11. The van der Waals surface area contributed by atoms with Crippen molar-refractivity contribution in [1.29, 1.82) is 5.26 Å². The van der Waals surface area contributed by atoms with E-state index in [1.807, 2.05) is 44.4 Å². The van der Waals surface area contributed by atoms with Crippen LogP contribution in [0.3, 0.4) is 0 Å². The molecule has 0 radical (unpaired) electrons. The number of aliphatic hydroxyl groups is 4. The summed E-state index contributed by atoms with van der Waals surface area (Å²) in [5.74, 6) is -5.18. The molecular weight excluding hydrogens is 1770 g/mol. The van der Waals surface area contributed by atoms with Crippen LogP contribution in [0.4, 0.5) is 58.4 Å². The number of aliphatic hydroxyl groups excluding tert-OH is 4. The van der Waals surface area contributed by atoms with Crippen LogP contribution in [-0.2, 0) is 27.3 Å². The maximum atomic E-state index is 15.0. The highest BCUT2D eigenvalue weighted by atomic mass is 19.4. The standard InChI is InChI=1S/C25H21F4N5O2.C25H20F2N6O2.C25H24FN5O2.C24H21FN4O3/c1-34-12-19(22(33-34)25(27,28)29)16-9-18(23(30)31-11-16)15-7-8-17(20(26)10-15)24(36)32-21(13-35)14-5-3-2-4-6-14;1-33-12-20(22(10-28)32-33)16-8-19(24(29)30-11-16)14-5-6-18(21(27)9-14)25(35)31-23(13-34)15-3-2-4-17(26)7-15;1-15-21(13-31(2)30-15)18-10-20(24(27)28-12-18)17-8-9-19(22(26)11-17)25(33)29-23(14-32)16-6-4-3-5-7-16;1-14-20(12-28-32-14)17-9-19(23(26)27-11-17)16-7-8-18(21(25)10-16)24(31)29-22(13-30)15-5-3-2-4-6-15/h2-12,21,35H,13H2,1H3,(H2,30,31)(H,32,36);2-9,11-12,23,34H,13H2,1H3,(H2,29,30)(H,31,35);3-13,23,32H,14H2,1-2H3,(H2,27,28)(H,29,33);2-12,22,30H,13H2,1H3,(H2,26,27)(H,29,31)/t21-;2*23-;22-/m1111/s1. The summed E-state index contributed by atoms with van der Waals surface area (Å²) in [6, 6.07) is 54.0. The first-order valence-corrected chi connectivity index (χ1v) is 41.5. The smallest absolute Gasteiger partial charge is 0.394 e. The van der Waals surface area contributed by atoms with Crippen LogP contribution in [0.5, 0.6) is 0 Å². The molecule has 136 heavy (non-hydrogen) atoms. The summed E-state index contributed by atoms with van der Waals surface area (Å²) >= 11 is 0. The lowest BCUT2D eigenvalue weighted by molar-refractivity contribution is -0.141. The summed E-state index contributed by atoms with van der Waals surface area (Å²) in [7, 11) is 4.88. The second-order valence-electron chi connectivity index (χ2n) is 30.9. The number of anilines is 4. The fourth-order valence-electron chi connectivity index (χ4n) is 14.7. The van der Waals surface area contributed by atoms with Gasteiger partial charge in [-0.3, -0.25) is 33.2 Å². The molecular formula is C99H86F8N20O9. The number of carbonyl (C=O) groups is 4. The van der Waals surface area contributed by atoms with Gasteiger partial charge in [0.05, 0.1) is 84.7 Å². The molecule has 16 N–H and O–H groups in total. The number of nitrogen functional groups attached to an aromatic ring is 4. The van der Waals surface area contributed by atoms with E-state index in [1.165, 1.54) is 103 Å². The zero-order chi connectivity index (χ0) is 97.3. The molecule has 4 atom stereocenters. The van der Waals surface area contributed by atoms with Crippen LogP contribution >= 0.6 is 0 Å². The van der Waals surface area contributed by atoms with Crippen LogP contribution in [0.15, 0.2) is 266 Å². The molecule has 0 unspecified atom stereocenters. The minimum atomic E-state index is -4.69. The number of amides is 4. The van der Waals surface area contributed by atoms with E-state index in [-0.39, 0.29) is 86.7 Å². The summed E-state index contributed by atoms with van der Waals surface area (Å²) < 4.78 is 123. The number of pyridine rings is 4. The molecule has 692 valence electrons. The molecule has 16 aromatic rings. The number of hydrogen-bond donors (Lipinski definition) is 12. The molecule has 29 nitrogen and oxygen atoms in total. The van der Waals surface area contributed by atoms with E-state index in [4.69, 9.17) is 27.5 Å². The van der Waals surface area contributed by atoms with Gasteiger partial charge in [0.25, 0.3) is 23.6 Å². The number of aryl methyl sites for hydroxylation is 5. The summed E-state index contributed by atoms with van der Waals surface area (Å²) in [6.07, 6.45) is 7.56. The number of alkyl halides is 3. The van der Waals surface area contributed by atoms with E-state index in [2.05, 4.69) is 61.7 Å². The predicted molar refractivity (Wildman–Crippen MR) is 492 cm³/mol. The van der Waals surface area contributed by atoms with Crippen LogP contribution < -0.4 is 44.2 Å². The molecule has 16 rings (SSSR count). The zero-order valence-corrected chi connectivity index (χ0v) is 73.0. The third-order valence-corrected chi connectivity index (χ3v) is 21.6. The molecule has 8 aromatic carbocycles. The van der Waals surface area contributed by atoms with Gasteiger partial charge in [0.1, 0.15) is 64.2 Å². The number of rotatable bonds is 24. The normalized spacial score (nSPS) is 11.9. The van der Waals surface area contributed by atoms with Crippen molar-refractivity contribution in [3.8, 4) is 95.1 Å². The van der Waals surface area contributed by atoms with Crippen LogP contribution in [0.2, 0.25) is 0 Å². The quantitative estimate of drug-likeness (QED) is 0.0250. The van der Waals surface area contributed by atoms with E-state index in [1.54, 1.807) is 153 Å². The van der Waals surface area contributed by atoms with Crippen LogP contribution in [0.1, 0.15) is 111 Å². The zero-order valence-electron chi connectivity index (χ0n) is 73.0. The minimum absolute atomic E-state index is 0.0303. The second kappa shape index (κ2) is 43.0. The number of benzene rings is 8. The number of nitriles is 1. The molecule has 0 spiro atoms. The first-order chi connectivity index (χ1) is 65.2. The van der Waals surface area contributed by atoms with Crippen molar-refractivity contribution < 1.29 is 79.3 Å². The first kappa shape index (κ1) is 96.6. The summed E-state index contributed by atoms with van der Waals surface area (Å²) in [5.41, 5.74) is 33.1. The lowest BCUT2D eigenvalue weighted by Gasteiger charge is -2.17. The third kappa shape index (κ3) is 22.8. The maximum Gasteiger partial charge on any atom is 0.435 e. The molecule has 0 aliphatic rings. The van der Waals surface area contributed by atoms with Crippen molar-refractivity contribution in [3.05, 3.63) is 358 Å². The Labute approximate surface area is 771 Å². The Balaban J connectivity index is 0.000000154. The van der Waals surface area contributed by atoms with Crippen molar-refractivity contribution in [2.75, 3.05) is 49.4 Å². The fourth-order valence-corrected chi connectivity index (χ4v) is 14.7. The minimum Gasteiger partial charge on any atom is -0.394 e. The SMILES string of the molecule is Cc1nn(C)cc1-c1cnc(N)c(-c2ccc(C(=O)N[C@H](CO)c3ccccc3)c(F)c2)c1.Cc1oncc1-c1cnc(N)c(-c2ccc(C(=O)N[C@H](CO)c3ccccc3)c(F)c2)c1.Cn1cc(-c2cnc(N)c(-c3ccc(C(=O)N[C@H](CO)c4cccc(F)c4)c(F)c3)c2)c(C#N)n1.Cn1cc(-c2cnc(N)c(-c3ccc(C(=O)N[C@H](CO)c4ccccc4)c(F)c3)c2)c(C(F)(F)F)n1. The number of carbonyl (C=O) groups excluding carboxylic acids is 4. The van der Waals surface area contributed by atoms with E-state index in [9.17, 15) is 80.0 Å². The Bertz CT molecular complexity index is 7100. The van der Waals surface area contributed by atoms with E-state index in [0.717, 1.165) is 55.9 Å². The van der Waals surface area contributed by atoms with E-state index >= 15 is 0 Å². The molecule has 0 saturated heterocycles. The molecule has 0 fully saturated rings. The first-order valence-electron chi connectivity index (χ1n) is 41.5. The monoisotopic (exact) mass is 1850 g/mol. The lowest BCUT2D eigenvalue weighted by Crippen LogP contribution is -2.31. The van der Waals surface area contributed by atoms with Gasteiger partial charge in [0.15, 0.2) is 11.4 Å². The largest absolute Gasteiger partial charge is 0.435 e. The van der Waals surface area contributed by atoms with Gasteiger partial charge in [0.2, 0.25) is 0 Å². The Morgan fingerprint density at radius 3 is 1.01 bits per heavy atom. The fraction of sp³-hybridized carbons (Fsp3) is 0.141. The number of halogens is 8. The average molecular weight is 1850 g/mol. The number of nitrogens with zero attached hydrogens (tertiary/aromatic N) is 12. The molecule has 0 aliphatic carbocycles. The van der Waals surface area contributed by atoms with Crippen molar-refractivity contribution in [1.82, 2.24) is 75.7 Å². The Kier molecular flexibility index (Phi) is 30.5.